The predicted octanol–water partition coefficient (Wildman–Crippen LogP) is 6.83. The van der Waals surface area contributed by atoms with Gasteiger partial charge in [-0.3, -0.25) is 0 Å². The molecule has 5 heteroatoms. The molecule has 0 bridgehead atoms. The van der Waals surface area contributed by atoms with Crippen LogP contribution in [0.4, 0.5) is 4.79 Å². The summed E-state index contributed by atoms with van der Waals surface area (Å²) in [7, 11) is 0. The Morgan fingerprint density at radius 2 is 1.37 bits per heavy atom. The van der Waals surface area contributed by atoms with Crippen LogP contribution in [0.3, 0.4) is 0 Å². The van der Waals surface area contributed by atoms with Crippen LogP contribution in [0.2, 0.25) is 0 Å². The molecule has 3 unspecified atom stereocenters. The molecule has 3 fully saturated rings. The van der Waals surface area contributed by atoms with Gasteiger partial charge in [-0.15, -0.1) is 0 Å². The lowest BCUT2D eigenvalue weighted by atomic mass is 9.57. The first-order valence-electron chi connectivity index (χ1n) is 11.8. The van der Waals surface area contributed by atoms with Crippen molar-refractivity contribution in [3.63, 3.8) is 0 Å². The maximum Gasteiger partial charge on any atom is 0.509 e. The molecule has 3 rings (SSSR count). The van der Waals surface area contributed by atoms with Gasteiger partial charge in [0.15, 0.2) is 11.2 Å². The average molecular weight is 425 g/mol. The van der Waals surface area contributed by atoms with Gasteiger partial charge in [0.1, 0.15) is 11.7 Å². The maximum atomic E-state index is 12.8. The molecule has 1 heterocycles. The maximum absolute atomic E-state index is 12.8. The van der Waals surface area contributed by atoms with E-state index in [9.17, 15) is 4.79 Å². The van der Waals surface area contributed by atoms with Crippen LogP contribution in [0.15, 0.2) is 0 Å². The van der Waals surface area contributed by atoms with Crippen LogP contribution >= 0.6 is 0 Å². The van der Waals surface area contributed by atoms with Crippen molar-refractivity contribution in [3.8, 4) is 0 Å². The van der Waals surface area contributed by atoms with E-state index in [-0.39, 0.29) is 16.9 Å². The fraction of sp³-hybridized carbons (Fsp3) is 0.960. The molecular weight excluding hydrogens is 380 g/mol. The highest BCUT2D eigenvalue weighted by atomic mass is 17.3. The Morgan fingerprint density at radius 1 is 0.833 bits per heavy atom. The Hall–Kier alpha value is -0.810. The SMILES string of the molecule is CC(C)(C)OC(=O)OC1(C23CCC(C(C)(C)C)CC2OO3)CCC(C(C)(C)C)CC1. The third-order valence-electron chi connectivity index (χ3n) is 7.88. The fourth-order valence-electron chi connectivity index (χ4n) is 5.81. The van der Waals surface area contributed by atoms with Crippen LogP contribution in [0.5, 0.6) is 0 Å². The minimum Gasteiger partial charge on any atom is -0.429 e. The highest BCUT2D eigenvalue weighted by molar-refractivity contribution is 5.61. The quantitative estimate of drug-likeness (QED) is 0.359. The molecule has 2 aliphatic carbocycles. The first kappa shape index (κ1) is 23.8. The van der Waals surface area contributed by atoms with E-state index >= 15 is 0 Å². The molecule has 1 saturated heterocycles. The van der Waals surface area contributed by atoms with E-state index in [1.54, 1.807) is 0 Å². The van der Waals surface area contributed by atoms with Crippen LogP contribution in [0, 0.1) is 22.7 Å². The van der Waals surface area contributed by atoms with Crippen LogP contribution in [0.25, 0.3) is 0 Å². The van der Waals surface area contributed by atoms with E-state index in [0.717, 1.165) is 44.9 Å². The first-order chi connectivity index (χ1) is 13.6. The van der Waals surface area contributed by atoms with Crippen molar-refractivity contribution in [1.29, 1.82) is 0 Å². The van der Waals surface area contributed by atoms with Crippen LogP contribution in [0.1, 0.15) is 107 Å². The summed E-state index contributed by atoms with van der Waals surface area (Å²) in [6.45, 7) is 19.4. The van der Waals surface area contributed by atoms with E-state index in [1.165, 1.54) is 0 Å². The van der Waals surface area contributed by atoms with Gasteiger partial charge in [0.25, 0.3) is 0 Å². The van der Waals surface area contributed by atoms with Gasteiger partial charge in [-0.2, -0.15) is 0 Å². The summed E-state index contributed by atoms with van der Waals surface area (Å²) in [5.74, 6) is 1.18. The second-order valence-electron chi connectivity index (χ2n) is 13.1. The minimum atomic E-state index is -0.678. The number of rotatable bonds is 2. The van der Waals surface area contributed by atoms with E-state index in [1.807, 2.05) is 20.8 Å². The molecule has 1 aliphatic heterocycles. The summed E-state index contributed by atoms with van der Waals surface area (Å²) in [6, 6.07) is 0. The van der Waals surface area contributed by atoms with E-state index in [4.69, 9.17) is 19.2 Å². The number of carbonyl (C=O) groups excluding carboxylic acids is 1. The molecule has 0 radical (unpaired) electrons. The van der Waals surface area contributed by atoms with Crippen molar-refractivity contribution in [1.82, 2.24) is 0 Å². The van der Waals surface area contributed by atoms with Gasteiger partial charge < -0.3 is 9.47 Å². The van der Waals surface area contributed by atoms with Crippen molar-refractivity contribution in [2.45, 2.75) is 130 Å². The number of carbonyl (C=O) groups is 1. The number of hydrogen-bond acceptors (Lipinski definition) is 5. The lowest BCUT2D eigenvalue weighted by Crippen LogP contribution is -2.73. The lowest BCUT2D eigenvalue weighted by molar-refractivity contribution is -0.548. The monoisotopic (exact) mass is 424 g/mol. The van der Waals surface area contributed by atoms with Crippen LogP contribution in [-0.2, 0) is 19.2 Å². The highest BCUT2D eigenvalue weighted by Gasteiger charge is 2.69. The third kappa shape index (κ3) is 4.53. The van der Waals surface area contributed by atoms with Crippen molar-refractivity contribution in [2.24, 2.45) is 22.7 Å². The van der Waals surface area contributed by atoms with E-state index in [0.29, 0.717) is 11.8 Å². The van der Waals surface area contributed by atoms with Crippen LogP contribution in [-0.4, -0.2) is 29.1 Å². The lowest BCUT2D eigenvalue weighted by Gasteiger charge is -2.62. The van der Waals surface area contributed by atoms with Gasteiger partial charge in [-0.1, -0.05) is 41.5 Å². The molecule has 2 saturated carbocycles. The second kappa shape index (κ2) is 7.65. The smallest absolute Gasteiger partial charge is 0.429 e. The van der Waals surface area contributed by atoms with Gasteiger partial charge in [0.2, 0.25) is 0 Å². The largest absolute Gasteiger partial charge is 0.509 e. The summed E-state index contributed by atoms with van der Waals surface area (Å²) in [5, 5.41) is 0. The van der Waals surface area contributed by atoms with E-state index in [2.05, 4.69) is 41.5 Å². The Bertz CT molecular complexity index is 627. The Labute approximate surface area is 183 Å². The zero-order valence-corrected chi connectivity index (χ0v) is 20.7. The van der Waals surface area contributed by atoms with Gasteiger partial charge >= 0.3 is 6.16 Å². The van der Waals surface area contributed by atoms with Gasteiger partial charge in [-0.05, 0) is 88.4 Å². The fourth-order valence-corrected chi connectivity index (χ4v) is 5.81. The van der Waals surface area contributed by atoms with Crippen molar-refractivity contribution < 1.29 is 24.0 Å². The van der Waals surface area contributed by atoms with Crippen molar-refractivity contribution in [3.05, 3.63) is 0 Å². The molecule has 0 N–H and O–H groups in total. The normalized spacial score (nSPS) is 37.7. The standard InChI is InChI=1S/C25H44O5/c1-21(2,3)17-10-13-24(14-11-17,28-20(26)27-23(7,8)9)25-15-12-18(22(4,5)6)16-19(25)29-30-25/h17-19H,10-16H2,1-9H3. The van der Waals surface area contributed by atoms with Gasteiger partial charge in [-0.25, -0.2) is 14.6 Å². The van der Waals surface area contributed by atoms with Crippen LogP contribution < -0.4 is 0 Å². The predicted molar refractivity (Wildman–Crippen MR) is 117 cm³/mol. The van der Waals surface area contributed by atoms with Crippen molar-refractivity contribution >= 4 is 6.16 Å². The first-order valence-corrected chi connectivity index (χ1v) is 11.8. The zero-order valence-electron chi connectivity index (χ0n) is 20.7. The van der Waals surface area contributed by atoms with Crippen molar-refractivity contribution in [2.75, 3.05) is 0 Å². The molecule has 174 valence electrons. The van der Waals surface area contributed by atoms with E-state index < -0.39 is 23.0 Å². The van der Waals surface area contributed by atoms with Gasteiger partial charge in [0.05, 0.1) is 0 Å². The highest BCUT2D eigenvalue weighted by Crippen LogP contribution is 2.59. The summed E-state index contributed by atoms with van der Waals surface area (Å²) in [4.78, 5) is 24.4. The Balaban J connectivity index is 1.85. The molecule has 3 aliphatic rings. The number of hydrogen-bond donors (Lipinski definition) is 0. The Morgan fingerprint density at radius 3 is 1.77 bits per heavy atom. The molecule has 0 aromatic heterocycles. The number of fused-ring (bicyclic) bond motifs is 1. The molecule has 3 atom stereocenters. The molecule has 30 heavy (non-hydrogen) atoms. The molecule has 0 aromatic rings. The topological polar surface area (TPSA) is 54.0 Å². The molecule has 0 spiro atoms. The Kier molecular flexibility index (Phi) is 6.08. The average Bonchev–Trinajstić information content (AvgIpc) is 2.52. The summed E-state index contributed by atoms with van der Waals surface area (Å²) in [6.07, 6.45) is 5.91. The van der Waals surface area contributed by atoms with Gasteiger partial charge in [0, 0.05) is 0 Å². The summed E-state index contributed by atoms with van der Waals surface area (Å²) in [5.41, 5.74) is -1.33. The summed E-state index contributed by atoms with van der Waals surface area (Å²) < 4.78 is 11.8. The second-order valence-corrected chi connectivity index (χ2v) is 13.1. The molecular formula is C25H44O5. The zero-order chi connectivity index (χ0) is 22.6. The minimum absolute atomic E-state index is 0.0240. The molecule has 0 amide bonds. The third-order valence-corrected chi connectivity index (χ3v) is 7.88. The molecule has 5 nitrogen and oxygen atoms in total. The molecule has 0 aromatic carbocycles. The summed E-state index contributed by atoms with van der Waals surface area (Å²) >= 11 is 0. The number of ether oxygens (including phenoxy) is 2.